The van der Waals surface area contributed by atoms with Gasteiger partial charge in [-0.2, -0.15) is 0 Å². The second kappa shape index (κ2) is 6.04. The maximum Gasteiger partial charge on any atom is 0.236 e. The molecule has 0 spiro atoms. The van der Waals surface area contributed by atoms with Crippen molar-refractivity contribution < 1.29 is 14.7 Å². The maximum absolute atomic E-state index is 12.5. The van der Waals surface area contributed by atoms with E-state index in [4.69, 9.17) is 15.7 Å². The van der Waals surface area contributed by atoms with Crippen molar-refractivity contribution in [3.63, 3.8) is 0 Å². The highest BCUT2D eigenvalue weighted by atomic mass is 16.5. The average Bonchev–Trinajstić information content (AvgIpc) is 2.34. The minimum atomic E-state index is -0.808. The summed E-state index contributed by atoms with van der Waals surface area (Å²) in [6.07, 6.45) is 1.29. The smallest absolute Gasteiger partial charge is 0.236 e. The summed E-state index contributed by atoms with van der Waals surface area (Å²) < 4.78 is 4.99. The number of carbonyl (C=O) groups excluding carboxylic acids is 1. The van der Waals surface area contributed by atoms with Crippen LogP contribution in [-0.4, -0.2) is 48.7 Å². The standard InChI is InChI=1S/C12H23N3O3/c1-4-15(5-6-18-3)11(16)12(10(13)14-17)7-9(2)8-12/h9,17H,4-8H2,1-3H3,(H2,13,14). The molecule has 0 unspecified atom stereocenters. The first-order valence-electron chi connectivity index (χ1n) is 6.28. The van der Waals surface area contributed by atoms with Crippen molar-refractivity contribution in [1.82, 2.24) is 4.90 Å². The first kappa shape index (κ1) is 14.8. The van der Waals surface area contributed by atoms with Crippen molar-refractivity contribution in [3.8, 4) is 0 Å². The van der Waals surface area contributed by atoms with Crippen LogP contribution >= 0.6 is 0 Å². The van der Waals surface area contributed by atoms with Gasteiger partial charge in [0.2, 0.25) is 5.91 Å². The topological polar surface area (TPSA) is 88.2 Å². The van der Waals surface area contributed by atoms with E-state index in [1.54, 1.807) is 12.0 Å². The lowest BCUT2D eigenvalue weighted by molar-refractivity contribution is -0.144. The van der Waals surface area contributed by atoms with Crippen molar-refractivity contribution in [1.29, 1.82) is 0 Å². The van der Waals surface area contributed by atoms with Gasteiger partial charge in [-0.25, -0.2) is 0 Å². The van der Waals surface area contributed by atoms with Crippen LogP contribution in [0.2, 0.25) is 0 Å². The molecule has 6 heteroatoms. The predicted molar refractivity (Wildman–Crippen MR) is 68.4 cm³/mol. The van der Waals surface area contributed by atoms with E-state index >= 15 is 0 Å². The van der Waals surface area contributed by atoms with Crippen LogP contribution in [0, 0.1) is 11.3 Å². The lowest BCUT2D eigenvalue weighted by Gasteiger charge is -2.46. The molecule has 1 fully saturated rings. The summed E-state index contributed by atoms with van der Waals surface area (Å²) in [5, 5.41) is 11.9. The van der Waals surface area contributed by atoms with Crippen molar-refractivity contribution in [2.45, 2.75) is 26.7 Å². The van der Waals surface area contributed by atoms with E-state index in [0.29, 0.717) is 38.5 Å². The van der Waals surface area contributed by atoms with Gasteiger partial charge in [-0.3, -0.25) is 4.79 Å². The monoisotopic (exact) mass is 257 g/mol. The van der Waals surface area contributed by atoms with Crippen molar-refractivity contribution in [2.75, 3.05) is 26.8 Å². The SMILES string of the molecule is CCN(CCOC)C(=O)C1(C(N)=NO)CC(C)C1. The molecule has 0 aromatic heterocycles. The number of methoxy groups -OCH3 is 1. The molecule has 0 aliphatic heterocycles. The number of rotatable bonds is 6. The normalized spacial score (nSPS) is 27.7. The maximum atomic E-state index is 12.5. The molecule has 1 aliphatic rings. The Labute approximate surface area is 108 Å². The molecule has 1 rings (SSSR count). The Hall–Kier alpha value is -1.30. The fourth-order valence-electron chi connectivity index (χ4n) is 2.63. The van der Waals surface area contributed by atoms with Gasteiger partial charge in [0.05, 0.1) is 6.61 Å². The highest BCUT2D eigenvalue weighted by Gasteiger charge is 2.53. The zero-order valence-corrected chi connectivity index (χ0v) is 11.3. The molecule has 3 N–H and O–H groups in total. The number of amides is 1. The fourth-order valence-corrected chi connectivity index (χ4v) is 2.63. The summed E-state index contributed by atoms with van der Waals surface area (Å²) in [4.78, 5) is 14.2. The molecule has 1 aliphatic carbocycles. The molecule has 0 saturated heterocycles. The van der Waals surface area contributed by atoms with Crippen LogP contribution in [0.25, 0.3) is 0 Å². The van der Waals surface area contributed by atoms with Gasteiger partial charge in [0.1, 0.15) is 5.41 Å². The molecule has 1 amide bonds. The van der Waals surface area contributed by atoms with Gasteiger partial charge in [-0.1, -0.05) is 12.1 Å². The summed E-state index contributed by atoms with van der Waals surface area (Å²) in [6, 6.07) is 0. The van der Waals surface area contributed by atoms with Crippen molar-refractivity contribution in [3.05, 3.63) is 0 Å². The van der Waals surface area contributed by atoms with Gasteiger partial charge in [-0.15, -0.1) is 0 Å². The quantitative estimate of drug-likeness (QED) is 0.316. The van der Waals surface area contributed by atoms with Crippen LogP contribution in [0.15, 0.2) is 5.16 Å². The Morgan fingerprint density at radius 1 is 1.61 bits per heavy atom. The molecule has 0 atom stereocenters. The summed E-state index contributed by atoms with van der Waals surface area (Å²) in [6.45, 7) is 5.58. The van der Waals surface area contributed by atoms with Gasteiger partial charge in [0.15, 0.2) is 5.84 Å². The van der Waals surface area contributed by atoms with Crippen LogP contribution in [-0.2, 0) is 9.53 Å². The molecule has 0 aromatic carbocycles. The molecule has 1 saturated carbocycles. The number of likely N-dealkylation sites (N-methyl/N-ethyl adjacent to an activating group) is 1. The molecular weight excluding hydrogens is 234 g/mol. The van der Waals surface area contributed by atoms with E-state index < -0.39 is 5.41 Å². The summed E-state index contributed by atoms with van der Waals surface area (Å²) >= 11 is 0. The van der Waals surface area contributed by atoms with E-state index in [1.165, 1.54) is 0 Å². The number of nitrogens with zero attached hydrogens (tertiary/aromatic N) is 2. The minimum absolute atomic E-state index is 0.0291. The molecule has 0 heterocycles. The molecule has 0 radical (unpaired) electrons. The lowest BCUT2D eigenvalue weighted by atomic mass is 9.61. The first-order chi connectivity index (χ1) is 8.51. The Morgan fingerprint density at radius 3 is 2.61 bits per heavy atom. The van der Waals surface area contributed by atoms with Crippen molar-refractivity contribution in [2.24, 2.45) is 22.2 Å². The largest absolute Gasteiger partial charge is 0.409 e. The zero-order valence-electron chi connectivity index (χ0n) is 11.3. The summed E-state index contributed by atoms with van der Waals surface area (Å²) in [5.74, 6) is 0.396. The highest BCUT2D eigenvalue weighted by molar-refractivity contribution is 6.07. The van der Waals surface area contributed by atoms with E-state index in [1.807, 2.05) is 6.92 Å². The highest BCUT2D eigenvalue weighted by Crippen LogP contribution is 2.47. The van der Waals surface area contributed by atoms with E-state index in [-0.39, 0.29) is 11.7 Å². The fraction of sp³-hybridized carbons (Fsp3) is 0.833. The third-order valence-electron chi connectivity index (χ3n) is 3.64. The molecule has 104 valence electrons. The van der Waals surface area contributed by atoms with Gasteiger partial charge in [-0.05, 0) is 25.7 Å². The van der Waals surface area contributed by atoms with Crippen molar-refractivity contribution >= 4 is 11.7 Å². The van der Waals surface area contributed by atoms with Gasteiger partial charge < -0.3 is 20.6 Å². The molecule has 18 heavy (non-hydrogen) atoms. The third-order valence-corrected chi connectivity index (χ3v) is 3.64. The number of carbonyl (C=O) groups is 1. The van der Waals surface area contributed by atoms with E-state index in [2.05, 4.69) is 12.1 Å². The van der Waals surface area contributed by atoms with Crippen LogP contribution in [0.5, 0.6) is 0 Å². The Morgan fingerprint density at radius 2 is 2.22 bits per heavy atom. The molecule has 6 nitrogen and oxygen atoms in total. The van der Waals surface area contributed by atoms with Crippen LogP contribution in [0.1, 0.15) is 26.7 Å². The van der Waals surface area contributed by atoms with E-state index in [0.717, 1.165) is 0 Å². The van der Waals surface area contributed by atoms with Crippen LogP contribution < -0.4 is 5.73 Å². The number of amidine groups is 1. The molecular formula is C12H23N3O3. The summed E-state index contributed by atoms with van der Waals surface area (Å²) in [7, 11) is 1.60. The Bertz CT molecular complexity index is 325. The second-order valence-corrected chi connectivity index (χ2v) is 4.96. The third kappa shape index (κ3) is 2.58. The van der Waals surface area contributed by atoms with Gasteiger partial charge >= 0.3 is 0 Å². The van der Waals surface area contributed by atoms with Gasteiger partial charge in [0.25, 0.3) is 0 Å². The Kier molecular flexibility index (Phi) is 4.95. The Balaban J connectivity index is 2.83. The number of hydrogen-bond donors (Lipinski definition) is 2. The number of hydrogen-bond acceptors (Lipinski definition) is 4. The molecule has 0 aromatic rings. The van der Waals surface area contributed by atoms with Crippen LogP contribution in [0.4, 0.5) is 0 Å². The zero-order chi connectivity index (χ0) is 13.8. The number of ether oxygens (including phenoxy) is 1. The van der Waals surface area contributed by atoms with E-state index in [9.17, 15) is 4.79 Å². The number of nitrogens with two attached hydrogens (primary N) is 1. The number of oxime groups is 1. The van der Waals surface area contributed by atoms with Gasteiger partial charge in [0, 0.05) is 20.2 Å². The lowest BCUT2D eigenvalue weighted by Crippen LogP contribution is -2.58. The predicted octanol–water partition coefficient (Wildman–Crippen LogP) is 0.644. The first-order valence-corrected chi connectivity index (χ1v) is 6.28. The second-order valence-electron chi connectivity index (χ2n) is 4.96. The van der Waals surface area contributed by atoms with Crippen LogP contribution in [0.3, 0.4) is 0 Å². The summed E-state index contributed by atoms with van der Waals surface area (Å²) in [5.41, 5.74) is 4.91. The minimum Gasteiger partial charge on any atom is -0.409 e. The average molecular weight is 257 g/mol. The molecule has 0 bridgehead atoms.